The highest BCUT2D eigenvalue weighted by Gasteiger charge is 2.21. The van der Waals surface area contributed by atoms with Crippen molar-refractivity contribution in [3.8, 4) is 11.3 Å². The van der Waals surface area contributed by atoms with E-state index in [9.17, 15) is 9.59 Å². The molecule has 1 aromatic heterocycles. The molecular weight excluding hydrogens is 428 g/mol. The summed E-state index contributed by atoms with van der Waals surface area (Å²) in [7, 11) is 1.77. The summed E-state index contributed by atoms with van der Waals surface area (Å²) < 4.78 is 5.40. The molecule has 1 atom stereocenters. The van der Waals surface area contributed by atoms with Crippen molar-refractivity contribution in [1.29, 1.82) is 0 Å². The average Bonchev–Trinajstić information content (AvgIpc) is 3.25. The summed E-state index contributed by atoms with van der Waals surface area (Å²) in [6, 6.07) is 14.9. The molecule has 4 rings (SSSR count). The number of hydrogen-bond acceptors (Lipinski definition) is 5. The van der Waals surface area contributed by atoms with E-state index in [2.05, 4.69) is 20.4 Å². The molecule has 0 spiro atoms. The van der Waals surface area contributed by atoms with Gasteiger partial charge < -0.3 is 15.0 Å². The molecule has 1 amide bonds. The molecule has 1 fully saturated rings. The number of benzene rings is 2. The number of anilines is 1. The van der Waals surface area contributed by atoms with Crippen LogP contribution in [0.1, 0.15) is 25.7 Å². The molecule has 0 bridgehead atoms. The average molecular weight is 457 g/mol. The zero-order chi connectivity index (χ0) is 21.6. The molecule has 0 saturated carbocycles. The first-order valence-electron chi connectivity index (χ1n) is 10.8. The summed E-state index contributed by atoms with van der Waals surface area (Å²) in [4.78, 5) is 26.8. The first-order chi connectivity index (χ1) is 15.1. The number of hydrogen-bond donors (Lipinski definition) is 2. The van der Waals surface area contributed by atoms with E-state index in [1.165, 1.54) is 0 Å². The zero-order valence-corrected chi connectivity index (χ0v) is 19.0. The number of halogens is 1. The number of nitrogens with zero attached hydrogens (tertiary/aromatic N) is 2. The molecule has 2 N–H and O–H groups in total. The highest BCUT2D eigenvalue weighted by atomic mass is 35.5. The van der Waals surface area contributed by atoms with Crippen molar-refractivity contribution in [1.82, 2.24) is 15.1 Å². The van der Waals surface area contributed by atoms with Crippen molar-refractivity contribution in [3.05, 3.63) is 58.9 Å². The molecule has 8 heteroatoms. The number of nitrogens with one attached hydrogen (secondary N) is 2. The van der Waals surface area contributed by atoms with Crippen LogP contribution in [0.5, 0.6) is 0 Å². The fourth-order valence-corrected chi connectivity index (χ4v) is 4.12. The van der Waals surface area contributed by atoms with E-state index in [1.54, 1.807) is 13.2 Å². The molecule has 1 saturated heterocycles. The number of H-pyrrole nitrogens is 1. The third-order valence-corrected chi connectivity index (χ3v) is 5.81. The van der Waals surface area contributed by atoms with E-state index in [1.807, 2.05) is 42.5 Å². The minimum Gasteiger partial charge on any atom is -0.380 e. The van der Waals surface area contributed by atoms with Crippen LogP contribution < -0.4 is 10.9 Å². The van der Waals surface area contributed by atoms with Gasteiger partial charge in [-0.1, -0.05) is 30.3 Å². The molecule has 3 aromatic rings. The number of carbonyl (C=O) groups excluding carboxylic acids is 1. The number of amides is 1. The van der Waals surface area contributed by atoms with Gasteiger partial charge in [-0.05, 0) is 44.0 Å². The molecule has 170 valence electrons. The summed E-state index contributed by atoms with van der Waals surface area (Å²) in [5.74, 6) is 0.00706. The quantitative estimate of drug-likeness (QED) is 0.503. The second-order valence-electron chi connectivity index (χ2n) is 7.98. The summed E-state index contributed by atoms with van der Waals surface area (Å²) in [6.45, 7) is 3.07. The topological polar surface area (TPSA) is 87.3 Å². The fraction of sp³-hybridized carbons (Fsp3) is 0.375. The van der Waals surface area contributed by atoms with Crippen LogP contribution in [0.15, 0.2) is 53.3 Å². The Balaban J connectivity index is 0.00000289. The van der Waals surface area contributed by atoms with Crippen LogP contribution in [-0.2, 0) is 9.53 Å². The van der Waals surface area contributed by atoms with Gasteiger partial charge in [0.05, 0.1) is 17.2 Å². The summed E-state index contributed by atoms with van der Waals surface area (Å²) in [5, 5.41) is 11.2. The van der Waals surface area contributed by atoms with Gasteiger partial charge in [0.2, 0.25) is 5.91 Å². The number of carbonyl (C=O) groups is 1. The second kappa shape index (κ2) is 11.2. The molecule has 0 aliphatic carbocycles. The Morgan fingerprint density at radius 2 is 2.00 bits per heavy atom. The Kier molecular flexibility index (Phi) is 8.39. The summed E-state index contributed by atoms with van der Waals surface area (Å²) >= 11 is 0. The molecule has 2 aromatic carbocycles. The lowest BCUT2D eigenvalue weighted by Gasteiger charge is -2.15. The minimum absolute atomic E-state index is 0. The smallest absolute Gasteiger partial charge is 0.272 e. The molecule has 1 aliphatic heterocycles. The van der Waals surface area contributed by atoms with Crippen molar-refractivity contribution in [2.45, 2.75) is 31.8 Å². The van der Waals surface area contributed by atoms with Gasteiger partial charge in [0.25, 0.3) is 5.56 Å². The van der Waals surface area contributed by atoms with Crippen LogP contribution in [0.4, 0.5) is 5.69 Å². The van der Waals surface area contributed by atoms with Gasteiger partial charge in [-0.3, -0.25) is 9.59 Å². The molecule has 7 nitrogen and oxygen atoms in total. The Morgan fingerprint density at radius 1 is 1.19 bits per heavy atom. The number of methoxy groups -OCH3 is 1. The monoisotopic (exact) mass is 456 g/mol. The minimum atomic E-state index is -0.213. The van der Waals surface area contributed by atoms with E-state index >= 15 is 0 Å². The molecule has 2 heterocycles. The van der Waals surface area contributed by atoms with Crippen molar-refractivity contribution in [3.63, 3.8) is 0 Å². The number of aromatic amines is 1. The number of likely N-dealkylation sites (tertiary alicyclic amines) is 1. The highest BCUT2D eigenvalue weighted by molar-refractivity contribution is 5.95. The highest BCUT2D eigenvalue weighted by Crippen LogP contribution is 2.26. The molecule has 1 unspecified atom stereocenters. The van der Waals surface area contributed by atoms with Gasteiger partial charge in [-0.2, -0.15) is 5.10 Å². The number of fused-ring (bicyclic) bond motifs is 1. The van der Waals surface area contributed by atoms with Gasteiger partial charge in [0.15, 0.2) is 0 Å². The van der Waals surface area contributed by atoms with Crippen molar-refractivity contribution >= 4 is 34.8 Å². The summed E-state index contributed by atoms with van der Waals surface area (Å²) in [6.07, 6.45) is 3.78. The third kappa shape index (κ3) is 5.73. The standard InChI is InChI=1S/C24H28N4O3.ClH/c1-31-19-12-14-28(16-19)13-5-4-11-22(29)25-18-8-6-7-17(15-18)23-20-9-2-3-10-21(20)24(30)27-26-23;/h2-3,6-10,15,19H,4-5,11-14,16H2,1H3,(H,25,29)(H,27,30);1H. The van der Waals surface area contributed by atoms with E-state index < -0.39 is 0 Å². The van der Waals surface area contributed by atoms with Gasteiger partial charge >= 0.3 is 0 Å². The lowest BCUT2D eigenvalue weighted by atomic mass is 10.0. The van der Waals surface area contributed by atoms with Gasteiger partial charge in [0.1, 0.15) is 0 Å². The lowest BCUT2D eigenvalue weighted by molar-refractivity contribution is -0.116. The maximum Gasteiger partial charge on any atom is 0.272 e. The predicted molar refractivity (Wildman–Crippen MR) is 129 cm³/mol. The zero-order valence-electron chi connectivity index (χ0n) is 18.2. The van der Waals surface area contributed by atoms with Crippen LogP contribution in [0.25, 0.3) is 22.0 Å². The maximum absolute atomic E-state index is 12.4. The van der Waals surface area contributed by atoms with Crippen LogP contribution in [-0.4, -0.2) is 53.9 Å². The lowest BCUT2D eigenvalue weighted by Crippen LogP contribution is -2.24. The normalized spacial score (nSPS) is 16.1. The largest absolute Gasteiger partial charge is 0.380 e. The molecule has 0 radical (unpaired) electrons. The van der Waals surface area contributed by atoms with Crippen LogP contribution in [0, 0.1) is 0 Å². The molecule has 1 aliphatic rings. The first-order valence-corrected chi connectivity index (χ1v) is 10.8. The Bertz CT molecular complexity index is 1120. The Labute approximate surface area is 193 Å². The number of unbranched alkanes of at least 4 members (excludes halogenated alkanes) is 1. The van der Waals surface area contributed by atoms with Crippen LogP contribution >= 0.6 is 12.4 Å². The van der Waals surface area contributed by atoms with Crippen LogP contribution in [0.2, 0.25) is 0 Å². The Morgan fingerprint density at radius 3 is 2.78 bits per heavy atom. The predicted octanol–water partition coefficient (Wildman–Crippen LogP) is 3.84. The summed E-state index contributed by atoms with van der Waals surface area (Å²) in [5.41, 5.74) is 2.04. The second-order valence-corrected chi connectivity index (χ2v) is 7.98. The van der Waals surface area contributed by atoms with Crippen LogP contribution in [0.3, 0.4) is 0 Å². The van der Waals surface area contributed by atoms with Crippen molar-refractivity contribution in [2.75, 3.05) is 32.1 Å². The molecule has 32 heavy (non-hydrogen) atoms. The molecular formula is C24H29ClN4O3. The maximum atomic E-state index is 12.4. The number of ether oxygens (including phenoxy) is 1. The number of aromatic nitrogens is 2. The third-order valence-electron chi connectivity index (χ3n) is 5.81. The number of rotatable bonds is 8. The van der Waals surface area contributed by atoms with E-state index in [0.717, 1.165) is 55.5 Å². The Hall–Kier alpha value is -2.74. The SMILES string of the molecule is COC1CCN(CCCCC(=O)Nc2cccc(-c3n[nH]c(=O)c4ccccc34)c2)C1.Cl. The van der Waals surface area contributed by atoms with E-state index in [4.69, 9.17) is 4.74 Å². The van der Waals surface area contributed by atoms with Crippen molar-refractivity contribution in [2.24, 2.45) is 0 Å². The van der Waals surface area contributed by atoms with Gasteiger partial charge in [-0.15, -0.1) is 12.4 Å². The van der Waals surface area contributed by atoms with E-state index in [-0.39, 0.29) is 23.9 Å². The van der Waals surface area contributed by atoms with E-state index in [0.29, 0.717) is 23.6 Å². The first kappa shape index (κ1) is 23.9. The fourth-order valence-electron chi connectivity index (χ4n) is 4.12. The van der Waals surface area contributed by atoms with Gasteiger partial charge in [0, 0.05) is 43.3 Å². The van der Waals surface area contributed by atoms with Crippen molar-refractivity contribution < 1.29 is 9.53 Å². The van der Waals surface area contributed by atoms with Gasteiger partial charge in [-0.25, -0.2) is 5.10 Å².